The molecule has 106 valence electrons. The molecule has 0 amide bonds. The Morgan fingerprint density at radius 2 is 2.21 bits per heavy atom. The summed E-state index contributed by atoms with van der Waals surface area (Å²) in [5.41, 5.74) is -0.941. The molecule has 1 aromatic heterocycles. The van der Waals surface area contributed by atoms with E-state index in [1.165, 1.54) is 0 Å². The molecule has 1 aliphatic rings. The summed E-state index contributed by atoms with van der Waals surface area (Å²) < 4.78 is 15.6. The van der Waals surface area contributed by atoms with Crippen molar-refractivity contribution in [2.24, 2.45) is 5.92 Å². The van der Waals surface area contributed by atoms with Gasteiger partial charge in [-0.15, -0.1) is 0 Å². The molecule has 1 aromatic rings. The molecule has 0 saturated heterocycles. The zero-order valence-corrected chi connectivity index (χ0v) is 11.8. The quantitative estimate of drug-likeness (QED) is 0.735. The Kier molecular flexibility index (Phi) is 3.89. The fraction of sp³-hybridized carbons (Fsp3) is 0.769. The van der Waals surface area contributed by atoms with Crippen molar-refractivity contribution >= 4 is 5.97 Å². The minimum Gasteiger partial charge on any atom is -0.465 e. The van der Waals surface area contributed by atoms with Gasteiger partial charge in [-0.1, -0.05) is 5.16 Å². The maximum Gasteiger partial charge on any atom is 0.321 e. The van der Waals surface area contributed by atoms with Crippen LogP contribution in [-0.2, 0) is 19.7 Å². The van der Waals surface area contributed by atoms with Crippen molar-refractivity contribution in [1.82, 2.24) is 10.1 Å². The predicted octanol–water partition coefficient (Wildman–Crippen LogP) is 2.01. The number of nitrogens with zero attached hydrogens (tertiary/aromatic N) is 2. The monoisotopic (exact) mass is 268 g/mol. The highest BCUT2D eigenvalue weighted by molar-refractivity contribution is 5.80. The largest absolute Gasteiger partial charge is 0.465 e. The molecule has 1 unspecified atom stereocenters. The smallest absolute Gasteiger partial charge is 0.321 e. The molecule has 6 heteroatoms. The summed E-state index contributed by atoms with van der Waals surface area (Å²) in [4.78, 5) is 16.2. The molecule has 1 saturated carbocycles. The van der Waals surface area contributed by atoms with Crippen LogP contribution in [0.1, 0.15) is 51.4 Å². The summed E-state index contributed by atoms with van der Waals surface area (Å²) >= 11 is 0. The Hall–Kier alpha value is -1.43. The number of hydrogen-bond donors (Lipinski definition) is 0. The van der Waals surface area contributed by atoms with Gasteiger partial charge in [-0.25, -0.2) is 0 Å². The van der Waals surface area contributed by atoms with Crippen molar-refractivity contribution in [2.75, 3.05) is 13.7 Å². The van der Waals surface area contributed by atoms with Crippen molar-refractivity contribution in [3.8, 4) is 0 Å². The third kappa shape index (κ3) is 2.78. The van der Waals surface area contributed by atoms with Gasteiger partial charge in [-0.05, 0) is 39.5 Å². The second-order valence-electron chi connectivity index (χ2n) is 5.30. The first-order valence-electron chi connectivity index (χ1n) is 6.54. The van der Waals surface area contributed by atoms with Gasteiger partial charge in [0.25, 0.3) is 0 Å². The van der Waals surface area contributed by atoms with E-state index in [0.29, 0.717) is 18.3 Å². The van der Waals surface area contributed by atoms with Gasteiger partial charge in [0.2, 0.25) is 11.7 Å². The van der Waals surface area contributed by atoms with E-state index < -0.39 is 5.41 Å². The minimum atomic E-state index is -0.941. The lowest BCUT2D eigenvalue weighted by atomic mass is 9.94. The molecule has 0 bridgehead atoms. The molecule has 1 aliphatic carbocycles. The zero-order valence-electron chi connectivity index (χ0n) is 11.8. The van der Waals surface area contributed by atoms with Crippen LogP contribution in [0, 0.1) is 5.92 Å². The van der Waals surface area contributed by atoms with Crippen molar-refractivity contribution in [1.29, 1.82) is 0 Å². The van der Waals surface area contributed by atoms with Crippen LogP contribution in [0.3, 0.4) is 0 Å². The van der Waals surface area contributed by atoms with Crippen LogP contribution >= 0.6 is 0 Å². The normalized spacial score (nSPS) is 17.3. The molecule has 0 radical (unpaired) electrons. The highest BCUT2D eigenvalue weighted by atomic mass is 16.5. The van der Waals surface area contributed by atoms with E-state index in [1.807, 2.05) is 0 Å². The van der Waals surface area contributed by atoms with E-state index in [9.17, 15) is 4.79 Å². The Balaban J connectivity index is 2.17. The van der Waals surface area contributed by atoms with Crippen LogP contribution in [0.5, 0.6) is 0 Å². The van der Waals surface area contributed by atoms with Crippen molar-refractivity contribution in [3.63, 3.8) is 0 Å². The van der Waals surface area contributed by atoms with Crippen molar-refractivity contribution in [3.05, 3.63) is 11.7 Å². The zero-order chi connectivity index (χ0) is 14.0. The number of esters is 1. The Morgan fingerprint density at radius 1 is 1.53 bits per heavy atom. The summed E-state index contributed by atoms with van der Waals surface area (Å²) in [6, 6.07) is 0. The summed E-state index contributed by atoms with van der Waals surface area (Å²) in [5.74, 6) is 0.868. The second-order valence-corrected chi connectivity index (χ2v) is 5.30. The predicted molar refractivity (Wildman–Crippen MR) is 66.4 cm³/mol. The first-order valence-corrected chi connectivity index (χ1v) is 6.54. The van der Waals surface area contributed by atoms with Gasteiger partial charge in [0.15, 0.2) is 0 Å². The minimum absolute atomic E-state index is 0.143. The van der Waals surface area contributed by atoms with E-state index in [1.54, 1.807) is 27.9 Å². The SMILES string of the molecule is CCOC(=O)C(C)(C)c1nc(C(OC)C2CC2)no1. The van der Waals surface area contributed by atoms with Gasteiger partial charge in [-0.2, -0.15) is 4.98 Å². The number of methoxy groups -OCH3 is 1. The fourth-order valence-corrected chi connectivity index (χ4v) is 1.91. The number of hydrogen-bond acceptors (Lipinski definition) is 6. The van der Waals surface area contributed by atoms with E-state index in [2.05, 4.69) is 10.1 Å². The summed E-state index contributed by atoms with van der Waals surface area (Å²) in [5, 5.41) is 3.94. The summed E-state index contributed by atoms with van der Waals surface area (Å²) in [6.07, 6.45) is 2.09. The molecule has 1 atom stereocenters. The van der Waals surface area contributed by atoms with E-state index in [-0.39, 0.29) is 18.0 Å². The molecule has 0 N–H and O–H groups in total. The number of aromatic nitrogens is 2. The number of ether oxygens (including phenoxy) is 2. The van der Waals surface area contributed by atoms with Crippen molar-refractivity contribution < 1.29 is 18.8 Å². The van der Waals surface area contributed by atoms with Gasteiger partial charge in [0.05, 0.1) is 6.61 Å². The number of carbonyl (C=O) groups excluding carboxylic acids is 1. The highest BCUT2D eigenvalue weighted by Crippen LogP contribution is 2.42. The molecule has 6 nitrogen and oxygen atoms in total. The Bertz CT molecular complexity index is 451. The molecule has 1 heterocycles. The second kappa shape index (κ2) is 5.28. The third-order valence-corrected chi connectivity index (χ3v) is 3.32. The van der Waals surface area contributed by atoms with Gasteiger partial charge in [0, 0.05) is 7.11 Å². The number of carbonyl (C=O) groups is 1. The highest BCUT2D eigenvalue weighted by Gasteiger charge is 2.40. The van der Waals surface area contributed by atoms with Gasteiger partial charge < -0.3 is 14.0 Å². The molecular formula is C13H20N2O4. The molecule has 1 fully saturated rings. The maximum absolute atomic E-state index is 11.9. The van der Waals surface area contributed by atoms with Crippen LogP contribution in [0.15, 0.2) is 4.52 Å². The van der Waals surface area contributed by atoms with Crippen LogP contribution in [0.2, 0.25) is 0 Å². The van der Waals surface area contributed by atoms with E-state index in [4.69, 9.17) is 14.0 Å². The lowest BCUT2D eigenvalue weighted by molar-refractivity contribution is -0.149. The van der Waals surface area contributed by atoms with E-state index >= 15 is 0 Å². The van der Waals surface area contributed by atoms with Gasteiger partial charge in [0.1, 0.15) is 11.5 Å². The standard InChI is InChI=1S/C13H20N2O4/c1-5-18-12(16)13(2,3)11-14-10(15-19-11)9(17-4)8-6-7-8/h8-9H,5-7H2,1-4H3. The molecule has 0 aliphatic heterocycles. The van der Waals surface area contributed by atoms with Crippen LogP contribution in [-0.4, -0.2) is 29.8 Å². The lowest BCUT2D eigenvalue weighted by Crippen LogP contribution is -2.31. The van der Waals surface area contributed by atoms with Crippen LogP contribution < -0.4 is 0 Å². The van der Waals surface area contributed by atoms with Crippen molar-refractivity contribution in [2.45, 2.75) is 45.1 Å². The number of rotatable bonds is 6. The molecule has 19 heavy (non-hydrogen) atoms. The Morgan fingerprint density at radius 3 is 2.74 bits per heavy atom. The van der Waals surface area contributed by atoms with Crippen LogP contribution in [0.4, 0.5) is 0 Å². The summed E-state index contributed by atoms with van der Waals surface area (Å²) in [6.45, 7) is 5.51. The van der Waals surface area contributed by atoms with Gasteiger partial charge >= 0.3 is 5.97 Å². The fourth-order valence-electron chi connectivity index (χ4n) is 1.91. The Labute approximate surface area is 112 Å². The molecular weight excluding hydrogens is 248 g/mol. The molecule has 0 aromatic carbocycles. The first-order chi connectivity index (χ1) is 9.00. The topological polar surface area (TPSA) is 74.5 Å². The summed E-state index contributed by atoms with van der Waals surface area (Å²) in [7, 11) is 1.63. The average molecular weight is 268 g/mol. The van der Waals surface area contributed by atoms with Gasteiger partial charge in [-0.3, -0.25) is 4.79 Å². The average Bonchev–Trinajstić information content (AvgIpc) is 3.07. The third-order valence-electron chi connectivity index (χ3n) is 3.32. The maximum atomic E-state index is 11.9. The van der Waals surface area contributed by atoms with Crippen LogP contribution in [0.25, 0.3) is 0 Å². The lowest BCUT2D eigenvalue weighted by Gasteiger charge is -2.17. The molecule has 0 spiro atoms. The first kappa shape index (κ1) is 14.0. The molecule has 2 rings (SSSR count). The van der Waals surface area contributed by atoms with E-state index in [0.717, 1.165) is 12.8 Å².